The van der Waals surface area contributed by atoms with E-state index in [0.29, 0.717) is 18.8 Å². The normalized spacial score (nSPS) is 10.3. The highest BCUT2D eigenvalue weighted by Gasteiger charge is 2.09. The minimum Gasteiger partial charge on any atom is -0.475 e. The SMILES string of the molecule is O=C(NCCCn1ccnn1)NCc1ccc(C(=O)O)o1. The summed E-state index contributed by atoms with van der Waals surface area (Å²) in [5.41, 5.74) is 0. The van der Waals surface area contributed by atoms with Gasteiger partial charge in [0.05, 0.1) is 12.7 Å². The van der Waals surface area contributed by atoms with Gasteiger partial charge in [0, 0.05) is 19.3 Å². The zero-order chi connectivity index (χ0) is 15.1. The maximum Gasteiger partial charge on any atom is 0.371 e. The Morgan fingerprint density at radius 1 is 1.33 bits per heavy atom. The van der Waals surface area contributed by atoms with Crippen LogP contribution in [0.1, 0.15) is 22.7 Å². The molecule has 0 aliphatic heterocycles. The summed E-state index contributed by atoms with van der Waals surface area (Å²) in [6.07, 6.45) is 4.06. The van der Waals surface area contributed by atoms with E-state index in [-0.39, 0.29) is 18.3 Å². The molecule has 9 nitrogen and oxygen atoms in total. The number of nitrogens with zero attached hydrogens (tertiary/aromatic N) is 3. The molecule has 21 heavy (non-hydrogen) atoms. The monoisotopic (exact) mass is 293 g/mol. The molecule has 2 amide bonds. The lowest BCUT2D eigenvalue weighted by Crippen LogP contribution is -2.35. The maximum atomic E-state index is 11.5. The molecule has 0 aromatic carbocycles. The quantitative estimate of drug-likeness (QED) is 0.637. The minimum absolute atomic E-state index is 0.127. The van der Waals surface area contributed by atoms with Gasteiger partial charge in [-0.05, 0) is 18.6 Å². The summed E-state index contributed by atoms with van der Waals surface area (Å²) < 4.78 is 6.69. The number of carboxylic acids is 1. The zero-order valence-electron chi connectivity index (χ0n) is 11.2. The lowest BCUT2D eigenvalue weighted by atomic mass is 10.4. The Kier molecular flexibility index (Phi) is 4.91. The van der Waals surface area contributed by atoms with Gasteiger partial charge in [-0.3, -0.25) is 4.68 Å². The number of rotatable bonds is 7. The molecule has 0 aliphatic carbocycles. The van der Waals surface area contributed by atoms with Crippen LogP contribution >= 0.6 is 0 Å². The van der Waals surface area contributed by atoms with E-state index in [0.717, 1.165) is 6.42 Å². The molecule has 3 N–H and O–H groups in total. The van der Waals surface area contributed by atoms with Crippen molar-refractivity contribution in [1.29, 1.82) is 0 Å². The van der Waals surface area contributed by atoms with Crippen molar-refractivity contribution >= 4 is 12.0 Å². The van der Waals surface area contributed by atoms with Crippen molar-refractivity contribution in [2.45, 2.75) is 19.5 Å². The third-order valence-electron chi connectivity index (χ3n) is 2.62. The summed E-state index contributed by atoms with van der Waals surface area (Å²) in [5, 5.41) is 21.4. The number of amides is 2. The minimum atomic E-state index is -1.14. The van der Waals surface area contributed by atoms with E-state index < -0.39 is 5.97 Å². The first-order valence-corrected chi connectivity index (χ1v) is 6.33. The Morgan fingerprint density at radius 3 is 2.86 bits per heavy atom. The first-order chi connectivity index (χ1) is 10.1. The molecule has 9 heteroatoms. The fraction of sp³-hybridized carbons (Fsp3) is 0.333. The number of hydrogen-bond donors (Lipinski definition) is 3. The van der Waals surface area contributed by atoms with Crippen LogP contribution in [-0.2, 0) is 13.1 Å². The average Bonchev–Trinajstić information content (AvgIpc) is 3.12. The predicted octanol–water partition coefficient (Wildman–Crippen LogP) is 0.459. The zero-order valence-corrected chi connectivity index (χ0v) is 11.2. The molecule has 2 aromatic heterocycles. The van der Waals surface area contributed by atoms with Crippen molar-refractivity contribution < 1.29 is 19.1 Å². The highest BCUT2D eigenvalue weighted by molar-refractivity contribution is 5.84. The number of aromatic nitrogens is 3. The van der Waals surface area contributed by atoms with Crippen LogP contribution in [0.25, 0.3) is 0 Å². The highest BCUT2D eigenvalue weighted by Crippen LogP contribution is 2.07. The van der Waals surface area contributed by atoms with Crippen molar-refractivity contribution in [1.82, 2.24) is 25.6 Å². The first-order valence-electron chi connectivity index (χ1n) is 6.33. The Morgan fingerprint density at radius 2 is 2.19 bits per heavy atom. The van der Waals surface area contributed by atoms with E-state index in [1.165, 1.54) is 12.1 Å². The summed E-state index contributed by atoms with van der Waals surface area (Å²) in [5.74, 6) is -0.913. The number of urea groups is 1. The molecule has 0 bridgehead atoms. The second kappa shape index (κ2) is 7.08. The maximum absolute atomic E-state index is 11.5. The molecule has 0 unspecified atom stereocenters. The van der Waals surface area contributed by atoms with Crippen LogP contribution in [0.3, 0.4) is 0 Å². The Balaban J connectivity index is 1.61. The van der Waals surface area contributed by atoms with E-state index in [2.05, 4.69) is 20.9 Å². The number of carboxylic acid groups (broad SMARTS) is 1. The van der Waals surface area contributed by atoms with Crippen LogP contribution in [-0.4, -0.2) is 38.6 Å². The van der Waals surface area contributed by atoms with E-state index in [1.807, 2.05) is 0 Å². The largest absolute Gasteiger partial charge is 0.475 e. The summed E-state index contributed by atoms with van der Waals surface area (Å²) in [4.78, 5) is 22.1. The smallest absolute Gasteiger partial charge is 0.371 e. The number of hydrogen-bond acceptors (Lipinski definition) is 5. The lowest BCUT2D eigenvalue weighted by molar-refractivity contribution is 0.0660. The van der Waals surface area contributed by atoms with E-state index in [4.69, 9.17) is 9.52 Å². The van der Waals surface area contributed by atoms with Crippen molar-refractivity contribution in [3.8, 4) is 0 Å². The molecule has 0 atom stereocenters. The molecule has 0 spiro atoms. The standard InChI is InChI=1S/C12H15N5O4/c18-11(19)10-3-2-9(21-10)8-14-12(20)13-4-1-6-17-7-5-15-16-17/h2-3,5,7H,1,4,6,8H2,(H,18,19)(H2,13,14,20). The van der Waals surface area contributed by atoms with E-state index >= 15 is 0 Å². The van der Waals surface area contributed by atoms with Crippen molar-refractivity contribution in [2.24, 2.45) is 0 Å². The van der Waals surface area contributed by atoms with Crippen molar-refractivity contribution in [2.75, 3.05) is 6.54 Å². The summed E-state index contributed by atoms with van der Waals surface area (Å²) in [6.45, 7) is 1.28. The predicted molar refractivity (Wildman–Crippen MR) is 70.5 cm³/mol. The van der Waals surface area contributed by atoms with Gasteiger partial charge in [0.25, 0.3) is 0 Å². The highest BCUT2D eigenvalue weighted by atomic mass is 16.4. The average molecular weight is 293 g/mol. The van der Waals surface area contributed by atoms with Crippen LogP contribution < -0.4 is 10.6 Å². The molecule has 0 saturated heterocycles. The molecule has 2 aromatic rings. The fourth-order valence-corrected chi connectivity index (χ4v) is 1.61. The van der Waals surface area contributed by atoms with Gasteiger partial charge in [0.1, 0.15) is 5.76 Å². The number of aryl methyl sites for hydroxylation is 1. The Bertz CT molecular complexity index is 593. The van der Waals surface area contributed by atoms with Crippen molar-refractivity contribution in [3.63, 3.8) is 0 Å². The Labute approximate surface area is 119 Å². The molecule has 0 radical (unpaired) electrons. The molecule has 0 aliphatic rings. The molecule has 0 fully saturated rings. The van der Waals surface area contributed by atoms with Crippen molar-refractivity contribution in [3.05, 3.63) is 36.0 Å². The number of aromatic carboxylic acids is 1. The number of nitrogens with one attached hydrogen (secondary N) is 2. The van der Waals surface area contributed by atoms with Crippen LogP contribution in [0, 0.1) is 0 Å². The second-order valence-corrected chi connectivity index (χ2v) is 4.20. The summed E-state index contributed by atoms with van der Waals surface area (Å²) in [6, 6.07) is 2.51. The van der Waals surface area contributed by atoms with Gasteiger partial charge < -0.3 is 20.2 Å². The van der Waals surface area contributed by atoms with Gasteiger partial charge in [0.15, 0.2) is 0 Å². The van der Waals surface area contributed by atoms with Crippen LogP contribution in [0.15, 0.2) is 28.9 Å². The van der Waals surface area contributed by atoms with Gasteiger partial charge in [-0.1, -0.05) is 5.21 Å². The molecule has 112 valence electrons. The van der Waals surface area contributed by atoms with Crippen LogP contribution in [0.5, 0.6) is 0 Å². The van der Waals surface area contributed by atoms with E-state index in [9.17, 15) is 9.59 Å². The van der Waals surface area contributed by atoms with Gasteiger partial charge in [0.2, 0.25) is 5.76 Å². The molecular formula is C12H15N5O4. The lowest BCUT2D eigenvalue weighted by Gasteiger charge is -2.06. The topological polar surface area (TPSA) is 122 Å². The summed E-state index contributed by atoms with van der Waals surface area (Å²) in [7, 11) is 0. The molecule has 2 rings (SSSR count). The van der Waals surface area contributed by atoms with Gasteiger partial charge in [-0.2, -0.15) is 0 Å². The van der Waals surface area contributed by atoms with Crippen LogP contribution in [0.2, 0.25) is 0 Å². The van der Waals surface area contributed by atoms with E-state index in [1.54, 1.807) is 17.1 Å². The fourth-order valence-electron chi connectivity index (χ4n) is 1.61. The first kappa shape index (κ1) is 14.6. The Hall–Kier alpha value is -2.84. The van der Waals surface area contributed by atoms with Gasteiger partial charge in [-0.15, -0.1) is 5.10 Å². The van der Waals surface area contributed by atoms with Crippen LogP contribution in [0.4, 0.5) is 4.79 Å². The molecular weight excluding hydrogens is 278 g/mol. The second-order valence-electron chi connectivity index (χ2n) is 4.20. The molecule has 0 saturated carbocycles. The number of furan rings is 1. The number of carbonyl (C=O) groups is 2. The van der Waals surface area contributed by atoms with Gasteiger partial charge >= 0.3 is 12.0 Å². The van der Waals surface area contributed by atoms with Gasteiger partial charge in [-0.25, -0.2) is 9.59 Å². The third-order valence-corrected chi connectivity index (χ3v) is 2.62. The molecule has 2 heterocycles. The number of carbonyl (C=O) groups excluding carboxylic acids is 1. The third kappa shape index (κ3) is 4.64. The summed E-state index contributed by atoms with van der Waals surface area (Å²) >= 11 is 0.